The molecule has 0 aromatic heterocycles. The molecule has 1 rings (SSSR count). The number of hydrogen-bond acceptors (Lipinski definition) is 4. The Bertz CT molecular complexity index is 432. The Morgan fingerprint density at radius 2 is 2.11 bits per heavy atom. The molecule has 0 saturated heterocycles. The van der Waals surface area contributed by atoms with E-state index >= 15 is 0 Å². The van der Waals surface area contributed by atoms with E-state index in [1.54, 1.807) is 13.8 Å². The maximum absolute atomic E-state index is 11.5. The zero-order valence-electron chi connectivity index (χ0n) is 10.8. The molecule has 0 bridgehead atoms. The minimum absolute atomic E-state index is 0.255. The van der Waals surface area contributed by atoms with Gasteiger partial charge >= 0.3 is 5.97 Å². The van der Waals surface area contributed by atoms with Gasteiger partial charge in [-0.05, 0) is 37.6 Å². The zero-order valence-corrected chi connectivity index (χ0v) is 12.4. The third-order valence-corrected chi connectivity index (χ3v) is 3.35. The topological polar surface area (TPSA) is 61.5 Å². The molecule has 0 atom stereocenters. The van der Waals surface area contributed by atoms with Crippen LogP contribution in [0.3, 0.4) is 0 Å². The van der Waals surface area contributed by atoms with Crippen LogP contribution in [0.4, 0.5) is 0 Å². The van der Waals surface area contributed by atoms with Gasteiger partial charge < -0.3 is 15.2 Å². The summed E-state index contributed by atoms with van der Waals surface area (Å²) in [7, 11) is 1.37. The molecule has 1 aromatic carbocycles. The third kappa shape index (κ3) is 3.71. The summed E-state index contributed by atoms with van der Waals surface area (Å²) in [5.41, 5.74) is 5.90. The molecule has 0 aliphatic rings. The summed E-state index contributed by atoms with van der Waals surface area (Å²) in [5, 5.41) is 0. The van der Waals surface area contributed by atoms with Crippen LogP contribution in [-0.2, 0) is 16.1 Å². The van der Waals surface area contributed by atoms with Gasteiger partial charge in [0, 0.05) is 11.0 Å². The summed E-state index contributed by atoms with van der Waals surface area (Å²) in [6, 6.07) is 5.57. The number of carbonyl (C=O) groups excluding carboxylic acids is 1. The van der Waals surface area contributed by atoms with E-state index in [4.69, 9.17) is 15.2 Å². The summed E-state index contributed by atoms with van der Waals surface area (Å²) < 4.78 is 11.3. The highest BCUT2D eigenvalue weighted by Crippen LogP contribution is 2.24. The number of benzene rings is 1. The van der Waals surface area contributed by atoms with Gasteiger partial charge in [0.2, 0.25) is 0 Å². The molecule has 0 amide bonds. The number of nitrogens with two attached hydrogens (primary N) is 1. The van der Waals surface area contributed by atoms with Gasteiger partial charge in [-0.15, -0.1) is 0 Å². The van der Waals surface area contributed by atoms with Crippen LogP contribution in [0.2, 0.25) is 0 Å². The van der Waals surface area contributed by atoms with Gasteiger partial charge in [-0.25, -0.2) is 0 Å². The fraction of sp³-hybridized carbons (Fsp3) is 0.462. The Morgan fingerprint density at radius 1 is 1.44 bits per heavy atom. The average Bonchev–Trinajstić information content (AvgIpc) is 2.36. The molecular formula is C13H18BrNO3. The predicted octanol–water partition coefficient (Wildman–Crippen LogP) is 2.49. The van der Waals surface area contributed by atoms with Gasteiger partial charge in [-0.2, -0.15) is 0 Å². The van der Waals surface area contributed by atoms with Gasteiger partial charge in [0.25, 0.3) is 0 Å². The first-order chi connectivity index (χ1) is 8.40. The molecule has 4 nitrogen and oxygen atoms in total. The van der Waals surface area contributed by atoms with Gasteiger partial charge in [0.05, 0.1) is 12.5 Å². The minimum Gasteiger partial charge on any atom is -0.492 e. The third-order valence-electron chi connectivity index (χ3n) is 2.57. The van der Waals surface area contributed by atoms with Crippen molar-refractivity contribution in [2.45, 2.75) is 20.4 Å². The van der Waals surface area contributed by atoms with Crippen LogP contribution in [-0.4, -0.2) is 19.7 Å². The van der Waals surface area contributed by atoms with E-state index in [1.165, 1.54) is 7.11 Å². The van der Waals surface area contributed by atoms with E-state index < -0.39 is 5.41 Å². The summed E-state index contributed by atoms with van der Waals surface area (Å²) in [5.74, 6) is 0.397. The van der Waals surface area contributed by atoms with Crippen LogP contribution in [0, 0.1) is 5.41 Å². The highest BCUT2D eigenvalue weighted by atomic mass is 79.9. The smallest absolute Gasteiger partial charge is 0.314 e. The van der Waals surface area contributed by atoms with Crippen molar-refractivity contribution in [1.82, 2.24) is 0 Å². The first kappa shape index (κ1) is 15.0. The second kappa shape index (κ2) is 6.20. The van der Waals surface area contributed by atoms with E-state index in [9.17, 15) is 4.79 Å². The first-order valence-electron chi connectivity index (χ1n) is 5.60. The van der Waals surface area contributed by atoms with Crippen molar-refractivity contribution < 1.29 is 14.3 Å². The molecule has 2 N–H and O–H groups in total. The van der Waals surface area contributed by atoms with E-state index in [0.29, 0.717) is 12.3 Å². The fourth-order valence-corrected chi connectivity index (χ4v) is 1.80. The highest BCUT2D eigenvalue weighted by Gasteiger charge is 2.29. The second-order valence-corrected chi connectivity index (χ2v) is 5.48. The normalized spacial score (nSPS) is 11.2. The molecular weight excluding hydrogens is 298 g/mol. The SMILES string of the molecule is COC(=O)C(C)(C)COc1ccc(Br)c(CN)c1. The molecule has 0 fully saturated rings. The Labute approximate surface area is 116 Å². The molecule has 0 aliphatic carbocycles. The molecule has 0 saturated carbocycles. The highest BCUT2D eigenvalue weighted by molar-refractivity contribution is 9.10. The molecule has 100 valence electrons. The Hall–Kier alpha value is -1.07. The number of methoxy groups -OCH3 is 1. The zero-order chi connectivity index (χ0) is 13.8. The Morgan fingerprint density at radius 3 is 2.67 bits per heavy atom. The molecule has 0 heterocycles. The Balaban J connectivity index is 2.72. The van der Waals surface area contributed by atoms with Crippen molar-refractivity contribution in [2.24, 2.45) is 11.1 Å². The van der Waals surface area contributed by atoms with E-state index in [-0.39, 0.29) is 12.6 Å². The van der Waals surface area contributed by atoms with Gasteiger partial charge in [-0.1, -0.05) is 15.9 Å². The van der Waals surface area contributed by atoms with Crippen molar-refractivity contribution in [2.75, 3.05) is 13.7 Å². The van der Waals surface area contributed by atoms with Crippen molar-refractivity contribution in [3.63, 3.8) is 0 Å². The lowest BCUT2D eigenvalue weighted by atomic mass is 9.95. The van der Waals surface area contributed by atoms with Crippen LogP contribution in [0.1, 0.15) is 19.4 Å². The van der Waals surface area contributed by atoms with E-state index in [1.807, 2.05) is 18.2 Å². The fourth-order valence-electron chi connectivity index (χ4n) is 1.40. The number of ether oxygens (including phenoxy) is 2. The lowest BCUT2D eigenvalue weighted by Gasteiger charge is -2.21. The number of esters is 1. The van der Waals surface area contributed by atoms with Gasteiger partial charge in [0.1, 0.15) is 12.4 Å². The summed E-state index contributed by atoms with van der Waals surface area (Å²) in [6.07, 6.45) is 0. The van der Waals surface area contributed by atoms with Crippen LogP contribution < -0.4 is 10.5 Å². The standard InChI is InChI=1S/C13H18BrNO3/c1-13(2,12(16)17-3)8-18-10-4-5-11(14)9(6-10)7-15/h4-6H,7-8,15H2,1-3H3. The lowest BCUT2D eigenvalue weighted by molar-refractivity contribution is -0.152. The summed E-state index contributed by atoms with van der Waals surface area (Å²) >= 11 is 3.41. The molecule has 1 aromatic rings. The van der Waals surface area contributed by atoms with Gasteiger partial charge in [0.15, 0.2) is 0 Å². The summed E-state index contributed by atoms with van der Waals surface area (Å²) in [4.78, 5) is 11.5. The monoisotopic (exact) mass is 315 g/mol. The first-order valence-corrected chi connectivity index (χ1v) is 6.39. The van der Waals surface area contributed by atoms with E-state index in [2.05, 4.69) is 15.9 Å². The van der Waals surface area contributed by atoms with Gasteiger partial charge in [-0.3, -0.25) is 4.79 Å². The van der Waals surface area contributed by atoms with Crippen molar-refractivity contribution >= 4 is 21.9 Å². The Kier molecular flexibility index (Phi) is 5.16. The van der Waals surface area contributed by atoms with Crippen LogP contribution in [0.5, 0.6) is 5.75 Å². The molecule has 5 heteroatoms. The molecule has 18 heavy (non-hydrogen) atoms. The number of carbonyl (C=O) groups is 1. The number of rotatable bonds is 5. The largest absolute Gasteiger partial charge is 0.492 e. The lowest BCUT2D eigenvalue weighted by Crippen LogP contribution is -2.32. The van der Waals surface area contributed by atoms with Crippen LogP contribution >= 0.6 is 15.9 Å². The van der Waals surface area contributed by atoms with Crippen LogP contribution in [0.15, 0.2) is 22.7 Å². The average molecular weight is 316 g/mol. The molecule has 0 radical (unpaired) electrons. The maximum Gasteiger partial charge on any atom is 0.314 e. The van der Waals surface area contributed by atoms with Crippen molar-refractivity contribution in [1.29, 1.82) is 0 Å². The van der Waals surface area contributed by atoms with E-state index in [0.717, 1.165) is 10.0 Å². The maximum atomic E-state index is 11.5. The minimum atomic E-state index is -0.676. The number of halogens is 1. The second-order valence-electron chi connectivity index (χ2n) is 4.62. The predicted molar refractivity (Wildman–Crippen MR) is 73.3 cm³/mol. The summed E-state index contributed by atoms with van der Waals surface area (Å²) in [6.45, 7) is 4.24. The van der Waals surface area contributed by atoms with Crippen molar-refractivity contribution in [3.05, 3.63) is 28.2 Å². The molecule has 0 unspecified atom stereocenters. The number of hydrogen-bond donors (Lipinski definition) is 1. The quantitative estimate of drug-likeness (QED) is 0.848. The molecule has 0 spiro atoms. The van der Waals surface area contributed by atoms with Crippen LogP contribution in [0.25, 0.3) is 0 Å². The van der Waals surface area contributed by atoms with Crippen molar-refractivity contribution in [3.8, 4) is 5.75 Å². The molecule has 0 aliphatic heterocycles.